The lowest BCUT2D eigenvalue weighted by Gasteiger charge is -2.36. The summed E-state index contributed by atoms with van der Waals surface area (Å²) in [5, 5.41) is 0. The third kappa shape index (κ3) is 4.22. The Kier molecular flexibility index (Phi) is 6.03. The second kappa shape index (κ2) is 7.09. The number of hydrogen-bond donors (Lipinski definition) is 0. The first-order chi connectivity index (χ1) is 9.29. The second-order valence-electron chi connectivity index (χ2n) is 6.79. The maximum Gasteiger partial charge on any atom is 0.319 e. The fraction of sp³-hybridized carbons (Fsp3) is 0.875. The lowest BCUT2D eigenvalue weighted by atomic mass is 9.79. The van der Waals surface area contributed by atoms with Gasteiger partial charge in [-0.1, -0.05) is 40.0 Å². The monoisotopic (exact) mass is 283 g/mol. The third-order valence-electron chi connectivity index (χ3n) is 4.11. The minimum Gasteiger partial charge on any atom is -0.465 e. The first-order valence-electron chi connectivity index (χ1n) is 7.72. The van der Waals surface area contributed by atoms with Gasteiger partial charge in [-0.2, -0.15) is 0 Å². The highest BCUT2D eigenvalue weighted by Gasteiger charge is 2.41. The Morgan fingerprint density at radius 1 is 1.20 bits per heavy atom. The summed E-state index contributed by atoms with van der Waals surface area (Å²) in [6, 6.07) is 0.274. The van der Waals surface area contributed by atoms with E-state index in [2.05, 4.69) is 0 Å². The lowest BCUT2D eigenvalue weighted by Crippen LogP contribution is -2.48. The van der Waals surface area contributed by atoms with Crippen LogP contribution in [0, 0.1) is 11.3 Å². The molecule has 1 aliphatic carbocycles. The van der Waals surface area contributed by atoms with E-state index < -0.39 is 17.3 Å². The van der Waals surface area contributed by atoms with Crippen molar-refractivity contribution in [3.8, 4) is 0 Å². The molecule has 0 aliphatic heterocycles. The molecule has 0 heterocycles. The lowest BCUT2D eigenvalue weighted by molar-refractivity contribution is -0.161. The van der Waals surface area contributed by atoms with E-state index in [-0.39, 0.29) is 11.9 Å². The van der Waals surface area contributed by atoms with Crippen LogP contribution in [-0.4, -0.2) is 36.5 Å². The highest BCUT2D eigenvalue weighted by Crippen LogP contribution is 2.31. The summed E-state index contributed by atoms with van der Waals surface area (Å²) >= 11 is 0. The van der Waals surface area contributed by atoms with Crippen molar-refractivity contribution in [1.29, 1.82) is 0 Å². The minimum absolute atomic E-state index is 0.0946. The van der Waals surface area contributed by atoms with Crippen molar-refractivity contribution >= 4 is 11.9 Å². The quantitative estimate of drug-likeness (QED) is 0.588. The molecule has 1 amide bonds. The first-order valence-corrected chi connectivity index (χ1v) is 7.72. The van der Waals surface area contributed by atoms with E-state index >= 15 is 0 Å². The van der Waals surface area contributed by atoms with Crippen LogP contribution in [0.4, 0.5) is 0 Å². The first kappa shape index (κ1) is 17.0. The molecule has 0 aromatic rings. The van der Waals surface area contributed by atoms with Gasteiger partial charge < -0.3 is 9.64 Å². The molecule has 20 heavy (non-hydrogen) atoms. The van der Waals surface area contributed by atoms with Crippen molar-refractivity contribution < 1.29 is 14.3 Å². The smallest absolute Gasteiger partial charge is 0.319 e. The molecular formula is C16H29NO3. The van der Waals surface area contributed by atoms with Crippen LogP contribution in [0.3, 0.4) is 0 Å². The maximum absolute atomic E-state index is 12.7. The van der Waals surface area contributed by atoms with Crippen molar-refractivity contribution in [3.05, 3.63) is 0 Å². The molecule has 4 nitrogen and oxygen atoms in total. The van der Waals surface area contributed by atoms with Crippen LogP contribution in [0.2, 0.25) is 0 Å². The van der Waals surface area contributed by atoms with E-state index in [4.69, 9.17) is 4.74 Å². The van der Waals surface area contributed by atoms with Crippen molar-refractivity contribution in [3.63, 3.8) is 0 Å². The van der Waals surface area contributed by atoms with Crippen LogP contribution in [0.5, 0.6) is 0 Å². The highest BCUT2D eigenvalue weighted by atomic mass is 16.5. The van der Waals surface area contributed by atoms with Gasteiger partial charge in [-0.3, -0.25) is 9.59 Å². The van der Waals surface area contributed by atoms with Gasteiger partial charge in [0, 0.05) is 13.1 Å². The number of esters is 1. The summed E-state index contributed by atoms with van der Waals surface area (Å²) in [7, 11) is 1.83. The number of rotatable bonds is 4. The average Bonchev–Trinajstić information content (AvgIpc) is 2.37. The Balaban J connectivity index is 2.84. The zero-order chi connectivity index (χ0) is 15.3. The van der Waals surface area contributed by atoms with Crippen LogP contribution >= 0.6 is 0 Å². The van der Waals surface area contributed by atoms with E-state index in [1.807, 2.05) is 27.8 Å². The molecule has 1 atom stereocenters. The number of amides is 1. The predicted molar refractivity (Wildman–Crippen MR) is 79.2 cm³/mol. The van der Waals surface area contributed by atoms with E-state index in [9.17, 15) is 9.59 Å². The van der Waals surface area contributed by atoms with Gasteiger partial charge >= 0.3 is 5.97 Å². The van der Waals surface area contributed by atoms with Crippen LogP contribution < -0.4 is 0 Å². The van der Waals surface area contributed by atoms with Gasteiger partial charge in [0.05, 0.1) is 6.61 Å². The van der Waals surface area contributed by atoms with Crippen molar-refractivity contribution in [1.82, 2.24) is 4.90 Å². The number of carbonyl (C=O) groups excluding carboxylic acids is 2. The van der Waals surface area contributed by atoms with Crippen LogP contribution in [0.15, 0.2) is 0 Å². The molecule has 0 bridgehead atoms. The van der Waals surface area contributed by atoms with E-state index in [1.165, 1.54) is 19.3 Å². The standard InChI is InChI=1S/C16H29NO3/c1-6-20-15(19)13(16(2,3)4)14(18)17(5)12-10-8-7-9-11-12/h12-13H,6-11H2,1-5H3. The Labute approximate surface area is 122 Å². The summed E-state index contributed by atoms with van der Waals surface area (Å²) in [5.74, 6) is -1.20. The SMILES string of the molecule is CCOC(=O)C(C(=O)N(C)C1CCCCC1)C(C)(C)C. The summed E-state index contributed by atoms with van der Waals surface area (Å²) in [6.45, 7) is 7.84. The number of carbonyl (C=O) groups is 2. The van der Waals surface area contributed by atoms with Crippen molar-refractivity contribution in [2.24, 2.45) is 11.3 Å². The molecule has 1 saturated carbocycles. The highest BCUT2D eigenvalue weighted by molar-refractivity contribution is 5.98. The van der Waals surface area contributed by atoms with Crippen molar-refractivity contribution in [2.75, 3.05) is 13.7 Å². The van der Waals surface area contributed by atoms with E-state index in [0.717, 1.165) is 12.8 Å². The normalized spacial score (nSPS) is 18.4. The summed E-state index contributed by atoms with van der Waals surface area (Å²) in [6.07, 6.45) is 5.67. The van der Waals surface area contributed by atoms with Crippen LogP contribution in [0.1, 0.15) is 59.8 Å². The van der Waals surface area contributed by atoms with Gasteiger partial charge in [-0.25, -0.2) is 0 Å². The van der Waals surface area contributed by atoms with Gasteiger partial charge in [0.2, 0.25) is 5.91 Å². The molecule has 1 fully saturated rings. The third-order valence-corrected chi connectivity index (χ3v) is 4.11. The van der Waals surface area contributed by atoms with Gasteiger partial charge in [-0.05, 0) is 25.2 Å². The topological polar surface area (TPSA) is 46.6 Å². The molecule has 0 saturated heterocycles. The Morgan fingerprint density at radius 2 is 1.75 bits per heavy atom. The minimum atomic E-state index is -0.714. The maximum atomic E-state index is 12.7. The Morgan fingerprint density at radius 3 is 2.20 bits per heavy atom. The number of nitrogens with zero attached hydrogens (tertiary/aromatic N) is 1. The largest absolute Gasteiger partial charge is 0.465 e. The zero-order valence-corrected chi connectivity index (χ0v) is 13.6. The average molecular weight is 283 g/mol. The van der Waals surface area contributed by atoms with E-state index in [1.54, 1.807) is 11.8 Å². The molecule has 1 unspecified atom stereocenters. The van der Waals surface area contributed by atoms with E-state index in [0.29, 0.717) is 6.61 Å². The molecule has 4 heteroatoms. The van der Waals surface area contributed by atoms with Crippen LogP contribution in [0.25, 0.3) is 0 Å². The fourth-order valence-electron chi connectivity index (χ4n) is 2.90. The molecule has 0 spiro atoms. The molecule has 0 N–H and O–H groups in total. The molecule has 0 aromatic heterocycles. The predicted octanol–water partition coefficient (Wildman–Crippen LogP) is 3.00. The number of hydrogen-bond acceptors (Lipinski definition) is 3. The van der Waals surface area contributed by atoms with Crippen LogP contribution in [-0.2, 0) is 14.3 Å². The molecule has 0 radical (unpaired) electrons. The van der Waals surface area contributed by atoms with Gasteiger partial charge in [0.25, 0.3) is 0 Å². The number of ether oxygens (including phenoxy) is 1. The second-order valence-corrected chi connectivity index (χ2v) is 6.79. The molecule has 0 aromatic carbocycles. The molecule has 1 aliphatic rings. The zero-order valence-electron chi connectivity index (χ0n) is 13.6. The van der Waals surface area contributed by atoms with Gasteiger partial charge in [0.15, 0.2) is 0 Å². The molecule has 116 valence electrons. The molecule has 1 rings (SSSR count). The summed E-state index contributed by atoms with van der Waals surface area (Å²) in [4.78, 5) is 26.7. The Bertz CT molecular complexity index is 340. The summed E-state index contributed by atoms with van der Waals surface area (Å²) < 4.78 is 5.10. The van der Waals surface area contributed by atoms with Gasteiger partial charge in [-0.15, -0.1) is 0 Å². The summed E-state index contributed by atoms with van der Waals surface area (Å²) in [5.41, 5.74) is -0.424. The van der Waals surface area contributed by atoms with Crippen molar-refractivity contribution in [2.45, 2.75) is 65.8 Å². The Hall–Kier alpha value is -1.06. The molecular weight excluding hydrogens is 254 g/mol. The van der Waals surface area contributed by atoms with Gasteiger partial charge in [0.1, 0.15) is 5.92 Å². The fourth-order valence-corrected chi connectivity index (χ4v) is 2.90.